The Labute approximate surface area is 78.4 Å². The van der Waals surface area contributed by atoms with Gasteiger partial charge in [-0.1, -0.05) is 0 Å². The van der Waals surface area contributed by atoms with Gasteiger partial charge in [-0.3, -0.25) is 4.68 Å². The SMILES string of the molecule is CC(S)c1cnn(C2CCC2)c1. The van der Waals surface area contributed by atoms with Gasteiger partial charge in [0, 0.05) is 17.0 Å². The van der Waals surface area contributed by atoms with Crippen LogP contribution in [0.3, 0.4) is 0 Å². The second kappa shape index (κ2) is 3.13. The van der Waals surface area contributed by atoms with Gasteiger partial charge < -0.3 is 0 Å². The summed E-state index contributed by atoms with van der Waals surface area (Å²) in [6.45, 7) is 2.07. The van der Waals surface area contributed by atoms with Crippen molar-refractivity contribution in [1.29, 1.82) is 0 Å². The molecule has 12 heavy (non-hydrogen) atoms. The molecule has 1 saturated carbocycles. The normalized spacial score (nSPS) is 20.5. The fraction of sp³-hybridized carbons (Fsp3) is 0.667. The van der Waals surface area contributed by atoms with Crippen LogP contribution in [0.25, 0.3) is 0 Å². The standard InChI is InChI=1S/C9H14N2S/c1-7(12)8-5-10-11(6-8)9-3-2-4-9/h5-7,9,12H,2-4H2,1H3. The van der Waals surface area contributed by atoms with Crippen molar-refractivity contribution >= 4 is 12.6 Å². The lowest BCUT2D eigenvalue weighted by molar-refractivity contribution is 0.289. The molecule has 0 aromatic carbocycles. The summed E-state index contributed by atoms with van der Waals surface area (Å²) in [4.78, 5) is 0. The predicted octanol–water partition coefficient (Wildman–Crippen LogP) is 2.60. The number of aromatic nitrogens is 2. The number of rotatable bonds is 2. The number of hydrogen-bond donors (Lipinski definition) is 1. The topological polar surface area (TPSA) is 17.8 Å². The molecule has 0 spiro atoms. The molecule has 1 aliphatic carbocycles. The fourth-order valence-electron chi connectivity index (χ4n) is 1.42. The monoisotopic (exact) mass is 182 g/mol. The van der Waals surface area contributed by atoms with Gasteiger partial charge in [-0.25, -0.2) is 0 Å². The zero-order chi connectivity index (χ0) is 8.55. The van der Waals surface area contributed by atoms with Crippen LogP contribution in [0.15, 0.2) is 12.4 Å². The minimum Gasteiger partial charge on any atom is -0.269 e. The molecule has 0 aliphatic heterocycles. The molecule has 3 heteroatoms. The van der Waals surface area contributed by atoms with Gasteiger partial charge in [0.05, 0.1) is 12.2 Å². The van der Waals surface area contributed by atoms with Crippen LogP contribution in [0.5, 0.6) is 0 Å². The van der Waals surface area contributed by atoms with Crippen molar-refractivity contribution in [2.75, 3.05) is 0 Å². The van der Waals surface area contributed by atoms with Gasteiger partial charge in [-0.05, 0) is 26.2 Å². The summed E-state index contributed by atoms with van der Waals surface area (Å²) in [6, 6.07) is 0.672. The molecule has 0 radical (unpaired) electrons. The third kappa shape index (κ3) is 1.38. The molecule has 1 heterocycles. The lowest BCUT2D eigenvalue weighted by Gasteiger charge is -2.25. The van der Waals surface area contributed by atoms with Crippen LogP contribution in [0.4, 0.5) is 0 Å². The highest BCUT2D eigenvalue weighted by Crippen LogP contribution is 2.31. The molecule has 0 N–H and O–H groups in total. The van der Waals surface area contributed by atoms with Gasteiger partial charge in [-0.2, -0.15) is 17.7 Å². The fourth-order valence-corrected chi connectivity index (χ4v) is 1.55. The van der Waals surface area contributed by atoms with Crippen molar-refractivity contribution in [2.24, 2.45) is 0 Å². The lowest BCUT2D eigenvalue weighted by Crippen LogP contribution is -2.17. The summed E-state index contributed by atoms with van der Waals surface area (Å²) in [5.74, 6) is 0. The molecule has 1 unspecified atom stereocenters. The van der Waals surface area contributed by atoms with Crippen LogP contribution >= 0.6 is 12.6 Å². The van der Waals surface area contributed by atoms with Crippen molar-refractivity contribution in [3.05, 3.63) is 18.0 Å². The Morgan fingerprint density at radius 3 is 2.83 bits per heavy atom. The molecule has 66 valence electrons. The van der Waals surface area contributed by atoms with Gasteiger partial charge >= 0.3 is 0 Å². The molecular formula is C9H14N2S. The Morgan fingerprint density at radius 2 is 2.42 bits per heavy atom. The lowest BCUT2D eigenvalue weighted by atomic mass is 9.93. The first-order valence-electron chi connectivity index (χ1n) is 4.49. The highest BCUT2D eigenvalue weighted by Gasteiger charge is 2.20. The molecule has 0 bridgehead atoms. The van der Waals surface area contributed by atoms with E-state index in [9.17, 15) is 0 Å². The highest BCUT2D eigenvalue weighted by molar-refractivity contribution is 7.80. The van der Waals surface area contributed by atoms with Gasteiger partial charge in [0.15, 0.2) is 0 Å². The molecule has 2 rings (SSSR count). The van der Waals surface area contributed by atoms with Gasteiger partial charge in [-0.15, -0.1) is 0 Å². The van der Waals surface area contributed by atoms with Crippen molar-refractivity contribution in [3.63, 3.8) is 0 Å². The number of thiol groups is 1. The van der Waals surface area contributed by atoms with Crippen LogP contribution in [0.1, 0.15) is 43.0 Å². The van der Waals surface area contributed by atoms with Crippen LogP contribution in [0, 0.1) is 0 Å². The quantitative estimate of drug-likeness (QED) is 0.696. The molecule has 1 aliphatic rings. The van der Waals surface area contributed by atoms with E-state index in [1.54, 1.807) is 0 Å². The molecule has 0 amide bonds. The third-order valence-electron chi connectivity index (χ3n) is 2.55. The average molecular weight is 182 g/mol. The van der Waals surface area contributed by atoms with Crippen LogP contribution in [-0.4, -0.2) is 9.78 Å². The second-order valence-electron chi connectivity index (χ2n) is 3.51. The maximum atomic E-state index is 4.36. The maximum absolute atomic E-state index is 4.36. The van der Waals surface area contributed by atoms with E-state index < -0.39 is 0 Å². The average Bonchev–Trinajstić information content (AvgIpc) is 2.32. The zero-order valence-electron chi connectivity index (χ0n) is 7.27. The van der Waals surface area contributed by atoms with Crippen molar-refractivity contribution in [1.82, 2.24) is 9.78 Å². The minimum absolute atomic E-state index is 0.304. The van der Waals surface area contributed by atoms with E-state index in [1.165, 1.54) is 24.8 Å². The molecule has 2 nitrogen and oxygen atoms in total. The zero-order valence-corrected chi connectivity index (χ0v) is 8.17. The Hall–Kier alpha value is -0.440. The van der Waals surface area contributed by atoms with Crippen LogP contribution < -0.4 is 0 Å². The Kier molecular flexibility index (Phi) is 2.13. The van der Waals surface area contributed by atoms with Crippen LogP contribution in [0.2, 0.25) is 0 Å². The third-order valence-corrected chi connectivity index (χ3v) is 2.85. The minimum atomic E-state index is 0.304. The van der Waals surface area contributed by atoms with E-state index in [-0.39, 0.29) is 0 Å². The second-order valence-corrected chi connectivity index (χ2v) is 4.29. The summed E-state index contributed by atoms with van der Waals surface area (Å²) < 4.78 is 2.09. The van der Waals surface area contributed by atoms with Crippen molar-refractivity contribution < 1.29 is 0 Å². The van der Waals surface area contributed by atoms with Crippen LogP contribution in [-0.2, 0) is 0 Å². The smallest absolute Gasteiger partial charge is 0.0532 e. The van der Waals surface area contributed by atoms with Gasteiger partial charge in [0.25, 0.3) is 0 Å². The van der Waals surface area contributed by atoms with E-state index in [2.05, 4.69) is 35.5 Å². The van der Waals surface area contributed by atoms with E-state index in [0.717, 1.165) is 0 Å². The summed E-state index contributed by atoms with van der Waals surface area (Å²) in [6.07, 6.45) is 8.00. The molecule has 1 fully saturated rings. The number of nitrogens with zero attached hydrogens (tertiary/aromatic N) is 2. The van der Waals surface area contributed by atoms with E-state index in [0.29, 0.717) is 11.3 Å². The molecule has 1 aromatic heterocycles. The summed E-state index contributed by atoms with van der Waals surface area (Å²) in [5.41, 5.74) is 1.23. The Balaban J connectivity index is 2.12. The predicted molar refractivity (Wildman–Crippen MR) is 52.5 cm³/mol. The first-order valence-corrected chi connectivity index (χ1v) is 5.01. The van der Waals surface area contributed by atoms with Crippen molar-refractivity contribution in [2.45, 2.75) is 37.5 Å². The Bertz CT molecular complexity index is 263. The largest absolute Gasteiger partial charge is 0.269 e. The highest BCUT2D eigenvalue weighted by atomic mass is 32.1. The van der Waals surface area contributed by atoms with E-state index in [4.69, 9.17) is 0 Å². The summed E-state index contributed by atoms with van der Waals surface area (Å²) in [5, 5.41) is 4.63. The maximum Gasteiger partial charge on any atom is 0.0532 e. The first kappa shape index (κ1) is 8.17. The molecule has 0 saturated heterocycles. The summed E-state index contributed by atoms with van der Waals surface area (Å²) >= 11 is 4.36. The summed E-state index contributed by atoms with van der Waals surface area (Å²) in [7, 11) is 0. The first-order chi connectivity index (χ1) is 5.77. The van der Waals surface area contributed by atoms with Crippen molar-refractivity contribution in [3.8, 4) is 0 Å². The molecule has 1 aromatic rings. The van der Waals surface area contributed by atoms with Gasteiger partial charge in [0.1, 0.15) is 0 Å². The van der Waals surface area contributed by atoms with E-state index in [1.807, 2.05) is 6.20 Å². The van der Waals surface area contributed by atoms with Gasteiger partial charge in [0.2, 0.25) is 0 Å². The number of hydrogen-bond acceptors (Lipinski definition) is 2. The molecule has 1 atom stereocenters. The molecular weight excluding hydrogens is 168 g/mol. The van der Waals surface area contributed by atoms with E-state index >= 15 is 0 Å². The Morgan fingerprint density at radius 1 is 1.67 bits per heavy atom.